The molecular formula is C20H21ClN4OS2. The van der Waals surface area contributed by atoms with Gasteiger partial charge >= 0.3 is 0 Å². The molecule has 1 heterocycles. The SMILES string of the molecule is NSC(=O)Nc1ccc(SC(CCc2ccc(Cl)cc2)Cn2ccnc2)cc1. The Morgan fingerprint density at radius 3 is 2.57 bits per heavy atom. The van der Waals surface area contributed by atoms with Gasteiger partial charge in [-0.1, -0.05) is 23.7 Å². The highest BCUT2D eigenvalue weighted by atomic mass is 35.5. The molecule has 0 saturated heterocycles. The molecular weight excluding hydrogens is 412 g/mol. The molecule has 28 heavy (non-hydrogen) atoms. The van der Waals surface area contributed by atoms with Crippen molar-refractivity contribution in [2.75, 3.05) is 5.32 Å². The lowest BCUT2D eigenvalue weighted by atomic mass is 10.1. The van der Waals surface area contributed by atoms with Crippen LogP contribution < -0.4 is 10.5 Å². The first-order chi connectivity index (χ1) is 13.6. The minimum Gasteiger partial charge on any atom is -0.336 e. The molecule has 2 aromatic carbocycles. The van der Waals surface area contributed by atoms with E-state index in [0.29, 0.717) is 17.2 Å². The second-order valence-corrected chi connectivity index (χ2v) is 8.64. The van der Waals surface area contributed by atoms with Crippen LogP contribution in [0.15, 0.2) is 72.1 Å². The number of hydrogen-bond donors (Lipinski definition) is 2. The van der Waals surface area contributed by atoms with Gasteiger partial charge in [0.25, 0.3) is 5.24 Å². The second-order valence-electron chi connectivity index (χ2n) is 6.22. The number of anilines is 1. The Bertz CT molecular complexity index is 870. The molecule has 146 valence electrons. The van der Waals surface area contributed by atoms with Crippen LogP contribution in [-0.2, 0) is 13.0 Å². The first kappa shape index (κ1) is 20.8. The number of aromatic nitrogens is 2. The van der Waals surface area contributed by atoms with Crippen molar-refractivity contribution in [1.82, 2.24) is 9.55 Å². The van der Waals surface area contributed by atoms with Crippen molar-refractivity contribution in [2.24, 2.45) is 5.14 Å². The Morgan fingerprint density at radius 2 is 1.93 bits per heavy atom. The summed E-state index contributed by atoms with van der Waals surface area (Å²) in [6.07, 6.45) is 7.63. The minimum absolute atomic E-state index is 0.277. The average Bonchev–Trinajstić information content (AvgIpc) is 3.22. The Hall–Kier alpha value is -1.93. The van der Waals surface area contributed by atoms with Crippen LogP contribution in [-0.4, -0.2) is 20.0 Å². The summed E-state index contributed by atoms with van der Waals surface area (Å²) < 4.78 is 2.10. The summed E-state index contributed by atoms with van der Waals surface area (Å²) >= 11 is 8.48. The van der Waals surface area contributed by atoms with Gasteiger partial charge in [-0.2, -0.15) is 0 Å². The van der Waals surface area contributed by atoms with Crippen LogP contribution in [0.3, 0.4) is 0 Å². The number of carbonyl (C=O) groups is 1. The number of hydrogen-bond acceptors (Lipinski definition) is 5. The molecule has 1 aromatic heterocycles. The fourth-order valence-electron chi connectivity index (χ4n) is 2.75. The number of rotatable bonds is 8. The molecule has 3 N–H and O–H groups in total. The van der Waals surface area contributed by atoms with Gasteiger partial charge in [0.05, 0.1) is 6.33 Å². The van der Waals surface area contributed by atoms with E-state index in [2.05, 4.69) is 27.0 Å². The van der Waals surface area contributed by atoms with Gasteiger partial charge < -0.3 is 9.88 Å². The summed E-state index contributed by atoms with van der Waals surface area (Å²) in [5.74, 6) is 0. The van der Waals surface area contributed by atoms with Crippen molar-refractivity contribution in [3.05, 3.63) is 77.8 Å². The van der Waals surface area contributed by atoms with E-state index in [4.69, 9.17) is 16.7 Å². The number of benzene rings is 2. The first-order valence-electron chi connectivity index (χ1n) is 8.77. The highest BCUT2D eigenvalue weighted by Gasteiger charge is 2.12. The Balaban J connectivity index is 1.64. The van der Waals surface area contributed by atoms with E-state index in [9.17, 15) is 4.79 Å². The van der Waals surface area contributed by atoms with Gasteiger partial charge in [-0.05, 0) is 54.8 Å². The third-order valence-corrected chi connectivity index (χ3v) is 5.98. The third-order valence-electron chi connectivity index (χ3n) is 4.15. The molecule has 0 fully saturated rings. The zero-order chi connectivity index (χ0) is 19.8. The van der Waals surface area contributed by atoms with Gasteiger partial charge in [-0.15, -0.1) is 11.8 Å². The van der Waals surface area contributed by atoms with Crippen molar-refractivity contribution in [1.29, 1.82) is 0 Å². The Labute approximate surface area is 178 Å². The number of halogens is 1. The summed E-state index contributed by atoms with van der Waals surface area (Å²) in [5.41, 5.74) is 2.01. The van der Waals surface area contributed by atoms with Crippen LogP contribution in [0.4, 0.5) is 10.5 Å². The number of aryl methyl sites for hydroxylation is 1. The largest absolute Gasteiger partial charge is 0.336 e. The van der Waals surface area contributed by atoms with Crippen molar-refractivity contribution in [2.45, 2.75) is 29.5 Å². The fraction of sp³-hybridized carbons (Fsp3) is 0.200. The van der Waals surface area contributed by atoms with Gasteiger partial charge in [-0.25, -0.2) is 4.98 Å². The maximum atomic E-state index is 11.4. The first-order valence-corrected chi connectivity index (χ1v) is 10.9. The van der Waals surface area contributed by atoms with Crippen LogP contribution in [0, 0.1) is 0 Å². The van der Waals surface area contributed by atoms with Gasteiger partial charge in [0, 0.05) is 51.7 Å². The number of nitrogens with one attached hydrogen (secondary N) is 1. The van der Waals surface area contributed by atoms with Crippen molar-refractivity contribution in [3.8, 4) is 0 Å². The van der Waals surface area contributed by atoms with Crippen LogP contribution in [0.1, 0.15) is 12.0 Å². The normalized spacial score (nSPS) is 11.9. The maximum Gasteiger partial charge on any atom is 0.298 e. The summed E-state index contributed by atoms with van der Waals surface area (Å²) in [6, 6.07) is 15.8. The van der Waals surface area contributed by atoms with Crippen molar-refractivity contribution < 1.29 is 4.79 Å². The van der Waals surface area contributed by atoms with Gasteiger partial charge in [-0.3, -0.25) is 9.93 Å². The number of nitrogens with zero attached hydrogens (tertiary/aromatic N) is 2. The molecule has 0 spiro atoms. The smallest absolute Gasteiger partial charge is 0.298 e. The van der Waals surface area contributed by atoms with Crippen LogP contribution in [0.25, 0.3) is 0 Å². The number of thioether (sulfide) groups is 1. The Morgan fingerprint density at radius 1 is 1.18 bits per heavy atom. The Kier molecular flexibility index (Phi) is 7.85. The zero-order valence-corrected chi connectivity index (χ0v) is 17.5. The summed E-state index contributed by atoms with van der Waals surface area (Å²) in [5, 5.41) is 8.84. The lowest BCUT2D eigenvalue weighted by Gasteiger charge is -2.18. The molecule has 8 heteroatoms. The molecule has 5 nitrogen and oxygen atoms in total. The predicted octanol–water partition coefficient (Wildman–Crippen LogP) is 5.47. The number of amides is 1. The summed E-state index contributed by atoms with van der Waals surface area (Å²) in [4.78, 5) is 16.7. The highest BCUT2D eigenvalue weighted by molar-refractivity contribution is 8.11. The molecule has 0 saturated carbocycles. The fourth-order valence-corrected chi connectivity index (χ4v) is 4.22. The molecule has 0 aliphatic heterocycles. The molecule has 3 aromatic rings. The van der Waals surface area contributed by atoms with Gasteiger partial charge in [0.1, 0.15) is 0 Å². The molecule has 0 aliphatic rings. The number of imidazole rings is 1. The zero-order valence-electron chi connectivity index (χ0n) is 15.1. The van der Waals surface area contributed by atoms with E-state index in [1.807, 2.05) is 60.7 Å². The molecule has 3 rings (SSSR count). The lowest BCUT2D eigenvalue weighted by Crippen LogP contribution is -2.13. The van der Waals surface area contributed by atoms with Crippen molar-refractivity contribution >= 4 is 46.2 Å². The molecule has 0 radical (unpaired) electrons. The van der Waals surface area contributed by atoms with E-state index >= 15 is 0 Å². The maximum absolute atomic E-state index is 11.4. The standard InChI is InChI=1S/C20H21ClN4OS2/c21-16-4-1-15(2-5-16)3-8-19(13-25-12-11-23-14-25)27-18-9-6-17(7-10-18)24-20(26)28-22/h1-2,4-7,9-12,14,19H,3,8,13,22H2,(H,24,26). The van der Waals surface area contributed by atoms with Crippen LogP contribution >= 0.6 is 35.3 Å². The van der Waals surface area contributed by atoms with Crippen LogP contribution in [0.5, 0.6) is 0 Å². The molecule has 0 bridgehead atoms. The van der Waals surface area contributed by atoms with Crippen molar-refractivity contribution in [3.63, 3.8) is 0 Å². The predicted molar refractivity (Wildman–Crippen MR) is 119 cm³/mol. The third kappa shape index (κ3) is 6.60. The topological polar surface area (TPSA) is 72.9 Å². The molecule has 1 amide bonds. The van der Waals surface area contributed by atoms with E-state index < -0.39 is 0 Å². The van der Waals surface area contributed by atoms with E-state index in [1.54, 1.807) is 6.20 Å². The average molecular weight is 433 g/mol. The highest BCUT2D eigenvalue weighted by Crippen LogP contribution is 2.29. The quantitative estimate of drug-likeness (QED) is 0.364. The lowest BCUT2D eigenvalue weighted by molar-refractivity contribution is 0.270. The van der Waals surface area contributed by atoms with E-state index in [0.717, 1.165) is 35.0 Å². The number of carbonyl (C=O) groups excluding carboxylic acids is 1. The minimum atomic E-state index is -0.277. The molecule has 1 unspecified atom stereocenters. The monoisotopic (exact) mass is 432 g/mol. The van der Waals surface area contributed by atoms with Crippen LogP contribution in [0.2, 0.25) is 5.02 Å². The summed E-state index contributed by atoms with van der Waals surface area (Å²) in [6.45, 7) is 0.876. The molecule has 0 aliphatic carbocycles. The second kappa shape index (κ2) is 10.6. The van der Waals surface area contributed by atoms with E-state index in [-0.39, 0.29) is 5.24 Å². The van der Waals surface area contributed by atoms with Gasteiger partial charge in [0.15, 0.2) is 0 Å². The van der Waals surface area contributed by atoms with E-state index in [1.165, 1.54) is 5.56 Å². The number of nitrogens with two attached hydrogens (primary N) is 1. The summed E-state index contributed by atoms with van der Waals surface area (Å²) in [7, 11) is 0. The van der Waals surface area contributed by atoms with Gasteiger partial charge in [0.2, 0.25) is 0 Å². The molecule has 1 atom stereocenters.